The largest absolute Gasteiger partial charge is 0.322 e. The lowest BCUT2D eigenvalue weighted by atomic mass is 10.0. The summed E-state index contributed by atoms with van der Waals surface area (Å²) in [6, 6.07) is 7.53. The molecule has 1 aliphatic carbocycles. The van der Waals surface area contributed by atoms with Crippen LogP contribution in [0.3, 0.4) is 0 Å². The molecule has 2 aliphatic rings. The number of rotatable bonds is 5. The smallest absolute Gasteiger partial charge is 0.258 e. The summed E-state index contributed by atoms with van der Waals surface area (Å²) in [5, 5.41) is 6.73. The minimum Gasteiger partial charge on any atom is -0.322 e. The molecule has 4 rings (SSSR count). The van der Waals surface area contributed by atoms with Gasteiger partial charge in [-0.3, -0.25) is 14.5 Å². The number of aryl methyl sites for hydroxylation is 1. The highest BCUT2D eigenvalue weighted by Crippen LogP contribution is 2.39. The highest BCUT2D eigenvalue weighted by atomic mass is 79.9. The number of carbonyl (C=O) groups is 2. The Bertz CT molecular complexity index is 910. The minimum atomic E-state index is -0.145. The molecule has 1 aromatic carbocycles. The molecule has 0 unspecified atom stereocenters. The van der Waals surface area contributed by atoms with Crippen molar-refractivity contribution in [3.05, 3.63) is 44.7 Å². The number of nitrogens with one attached hydrogen (secondary N) is 2. The molecule has 1 saturated heterocycles. The SMILES string of the molecule is C[C@@H]1CCCN(CC(=O)Nc2sc3c(c2C(=O)Nc2ccc(Br)cc2)CCC3)C1. The number of hydrogen-bond donors (Lipinski definition) is 2. The zero-order valence-corrected chi connectivity index (χ0v) is 19.0. The van der Waals surface area contributed by atoms with Crippen LogP contribution in [0.5, 0.6) is 0 Å². The fourth-order valence-corrected chi connectivity index (χ4v) is 5.83. The lowest BCUT2D eigenvalue weighted by molar-refractivity contribution is -0.117. The summed E-state index contributed by atoms with van der Waals surface area (Å²) in [5.74, 6) is 0.458. The average Bonchev–Trinajstić information content (AvgIpc) is 3.24. The Labute approximate surface area is 184 Å². The predicted octanol–water partition coefficient (Wildman–Crippen LogP) is 4.92. The van der Waals surface area contributed by atoms with Crippen LogP contribution in [0, 0.1) is 5.92 Å². The first-order valence-corrected chi connectivity index (χ1v) is 11.8. The molecule has 1 aliphatic heterocycles. The molecule has 0 radical (unpaired) electrons. The lowest BCUT2D eigenvalue weighted by Crippen LogP contribution is -2.39. The Morgan fingerprint density at radius 2 is 1.97 bits per heavy atom. The van der Waals surface area contributed by atoms with Crippen molar-refractivity contribution in [1.82, 2.24) is 4.90 Å². The van der Waals surface area contributed by atoms with Crippen LogP contribution >= 0.6 is 27.3 Å². The number of likely N-dealkylation sites (tertiary alicyclic amines) is 1. The van der Waals surface area contributed by atoms with E-state index in [4.69, 9.17) is 0 Å². The molecule has 7 heteroatoms. The summed E-state index contributed by atoms with van der Waals surface area (Å²) >= 11 is 4.97. The van der Waals surface area contributed by atoms with E-state index >= 15 is 0 Å². The van der Waals surface area contributed by atoms with Gasteiger partial charge in [0, 0.05) is 21.6 Å². The van der Waals surface area contributed by atoms with Gasteiger partial charge in [-0.2, -0.15) is 0 Å². The van der Waals surface area contributed by atoms with Gasteiger partial charge in [-0.1, -0.05) is 22.9 Å². The number of benzene rings is 1. The van der Waals surface area contributed by atoms with Crippen LogP contribution in [0.2, 0.25) is 0 Å². The zero-order valence-electron chi connectivity index (χ0n) is 16.6. The van der Waals surface area contributed by atoms with Gasteiger partial charge in [0.15, 0.2) is 0 Å². The van der Waals surface area contributed by atoms with Crippen LogP contribution < -0.4 is 10.6 Å². The summed E-state index contributed by atoms with van der Waals surface area (Å²) in [5.41, 5.74) is 2.49. The third kappa shape index (κ3) is 4.90. The fraction of sp³-hybridized carbons (Fsp3) is 0.455. The first-order valence-electron chi connectivity index (χ1n) is 10.2. The summed E-state index contributed by atoms with van der Waals surface area (Å²) < 4.78 is 0.965. The Morgan fingerprint density at radius 1 is 1.17 bits per heavy atom. The fourth-order valence-electron chi connectivity index (χ4n) is 4.26. The van der Waals surface area contributed by atoms with E-state index in [0.717, 1.165) is 54.5 Å². The molecular weight excluding hydrogens is 450 g/mol. The average molecular weight is 476 g/mol. The molecule has 2 N–H and O–H groups in total. The molecule has 154 valence electrons. The number of nitrogens with zero attached hydrogens (tertiary/aromatic N) is 1. The molecule has 0 spiro atoms. The molecule has 5 nitrogen and oxygen atoms in total. The number of amides is 2. The van der Waals surface area contributed by atoms with Gasteiger partial charge in [0.2, 0.25) is 5.91 Å². The van der Waals surface area contributed by atoms with E-state index in [1.807, 2.05) is 24.3 Å². The van der Waals surface area contributed by atoms with Gasteiger partial charge < -0.3 is 10.6 Å². The van der Waals surface area contributed by atoms with Gasteiger partial charge in [-0.15, -0.1) is 11.3 Å². The monoisotopic (exact) mass is 475 g/mol. The van der Waals surface area contributed by atoms with Gasteiger partial charge in [0.1, 0.15) is 5.00 Å². The topological polar surface area (TPSA) is 61.4 Å². The van der Waals surface area contributed by atoms with Gasteiger partial charge in [0.05, 0.1) is 12.1 Å². The number of anilines is 2. The van der Waals surface area contributed by atoms with Crippen molar-refractivity contribution in [3.63, 3.8) is 0 Å². The van der Waals surface area contributed by atoms with Crippen molar-refractivity contribution < 1.29 is 9.59 Å². The van der Waals surface area contributed by atoms with Crippen LogP contribution in [-0.4, -0.2) is 36.3 Å². The highest BCUT2D eigenvalue weighted by molar-refractivity contribution is 9.10. The Kier molecular flexibility index (Phi) is 6.37. The summed E-state index contributed by atoms with van der Waals surface area (Å²) in [4.78, 5) is 29.2. The second-order valence-corrected chi connectivity index (χ2v) is 10.1. The first kappa shape index (κ1) is 20.6. The number of piperidine rings is 1. The minimum absolute atomic E-state index is 0.0308. The predicted molar refractivity (Wildman–Crippen MR) is 122 cm³/mol. The number of halogens is 1. The van der Waals surface area contributed by atoms with Crippen molar-refractivity contribution in [3.8, 4) is 0 Å². The van der Waals surface area contributed by atoms with Crippen LogP contribution in [0.15, 0.2) is 28.7 Å². The summed E-state index contributed by atoms with van der Waals surface area (Å²) in [6.45, 7) is 4.56. The van der Waals surface area contributed by atoms with Crippen LogP contribution in [0.25, 0.3) is 0 Å². The molecule has 1 atom stereocenters. The molecule has 0 saturated carbocycles. The third-order valence-electron chi connectivity index (χ3n) is 5.61. The second-order valence-electron chi connectivity index (χ2n) is 8.05. The Hall–Kier alpha value is -1.70. The third-order valence-corrected chi connectivity index (χ3v) is 7.35. The van der Waals surface area contributed by atoms with Crippen LogP contribution in [0.1, 0.15) is 47.0 Å². The Balaban J connectivity index is 1.49. The maximum atomic E-state index is 13.1. The van der Waals surface area contributed by atoms with E-state index in [2.05, 4.69) is 38.4 Å². The number of fused-ring (bicyclic) bond motifs is 1. The van der Waals surface area contributed by atoms with Gasteiger partial charge in [0.25, 0.3) is 5.91 Å². The van der Waals surface area contributed by atoms with Crippen molar-refractivity contribution in [2.24, 2.45) is 5.92 Å². The lowest BCUT2D eigenvalue weighted by Gasteiger charge is -2.30. The van der Waals surface area contributed by atoms with Gasteiger partial charge in [-0.05, 0) is 74.4 Å². The van der Waals surface area contributed by atoms with Crippen molar-refractivity contribution in [1.29, 1.82) is 0 Å². The van der Waals surface area contributed by atoms with Gasteiger partial charge in [-0.25, -0.2) is 0 Å². The van der Waals surface area contributed by atoms with E-state index in [9.17, 15) is 9.59 Å². The summed E-state index contributed by atoms with van der Waals surface area (Å²) in [6.07, 6.45) is 5.32. The normalized spacial score (nSPS) is 19.0. The standard InChI is InChI=1S/C22H26BrN3O2S/c1-14-4-3-11-26(12-14)13-19(27)25-22-20(17-5-2-6-18(17)29-22)21(28)24-16-9-7-15(23)8-10-16/h7-10,14H,2-6,11-13H2,1H3,(H,24,28)(H,25,27)/t14-/m1/s1. The van der Waals surface area contributed by atoms with Crippen LogP contribution in [0.4, 0.5) is 10.7 Å². The van der Waals surface area contributed by atoms with E-state index in [1.54, 1.807) is 11.3 Å². The molecule has 2 heterocycles. The van der Waals surface area contributed by atoms with E-state index in [1.165, 1.54) is 11.3 Å². The maximum Gasteiger partial charge on any atom is 0.258 e. The van der Waals surface area contributed by atoms with Crippen molar-refractivity contribution in [2.45, 2.75) is 39.0 Å². The molecule has 1 aromatic heterocycles. The quantitative estimate of drug-likeness (QED) is 0.644. The summed E-state index contributed by atoms with van der Waals surface area (Å²) in [7, 11) is 0. The molecular formula is C22H26BrN3O2S. The van der Waals surface area contributed by atoms with Crippen molar-refractivity contribution in [2.75, 3.05) is 30.3 Å². The molecule has 2 amide bonds. The molecule has 29 heavy (non-hydrogen) atoms. The highest BCUT2D eigenvalue weighted by Gasteiger charge is 2.28. The Morgan fingerprint density at radius 3 is 2.72 bits per heavy atom. The number of carbonyl (C=O) groups excluding carboxylic acids is 2. The van der Waals surface area contributed by atoms with Gasteiger partial charge >= 0.3 is 0 Å². The van der Waals surface area contributed by atoms with E-state index in [-0.39, 0.29) is 11.8 Å². The van der Waals surface area contributed by atoms with Crippen molar-refractivity contribution >= 4 is 49.8 Å². The maximum absolute atomic E-state index is 13.1. The van der Waals surface area contributed by atoms with Crippen LogP contribution in [-0.2, 0) is 17.6 Å². The molecule has 1 fully saturated rings. The number of thiophene rings is 1. The molecule has 0 bridgehead atoms. The first-order chi connectivity index (χ1) is 14.0. The van der Waals surface area contributed by atoms with E-state index in [0.29, 0.717) is 23.0 Å². The zero-order chi connectivity index (χ0) is 20.4. The second kappa shape index (κ2) is 8.98. The number of hydrogen-bond acceptors (Lipinski definition) is 4. The molecule has 2 aromatic rings. The van der Waals surface area contributed by atoms with E-state index < -0.39 is 0 Å².